The third-order valence-electron chi connectivity index (χ3n) is 3.62. The number of rotatable bonds is 9. The maximum Gasteiger partial charge on any atom is 0.191 e. The lowest BCUT2D eigenvalue weighted by molar-refractivity contribution is 0.143. The largest absolute Gasteiger partial charge is 0.382 e. The number of ether oxygens (including phenoxy) is 1. The van der Waals surface area contributed by atoms with Gasteiger partial charge in [-0.1, -0.05) is 0 Å². The number of aromatic nitrogens is 3. The van der Waals surface area contributed by atoms with Gasteiger partial charge < -0.3 is 19.9 Å². The summed E-state index contributed by atoms with van der Waals surface area (Å²) in [5.41, 5.74) is 0. The lowest BCUT2D eigenvalue weighted by atomic mass is 10.3. The van der Waals surface area contributed by atoms with Crippen molar-refractivity contribution in [2.75, 3.05) is 26.3 Å². The van der Waals surface area contributed by atoms with Crippen LogP contribution in [0.15, 0.2) is 4.99 Å². The molecule has 8 heteroatoms. The minimum Gasteiger partial charge on any atom is -0.382 e. The number of aryl methyl sites for hydroxylation is 1. The minimum absolute atomic E-state index is 0. The van der Waals surface area contributed by atoms with E-state index in [1.165, 1.54) is 6.42 Å². The van der Waals surface area contributed by atoms with Crippen LogP contribution >= 0.6 is 24.0 Å². The van der Waals surface area contributed by atoms with Gasteiger partial charge in [-0.3, -0.25) is 0 Å². The van der Waals surface area contributed by atoms with Gasteiger partial charge >= 0.3 is 0 Å². The van der Waals surface area contributed by atoms with E-state index in [1.807, 2.05) is 6.92 Å². The maximum absolute atomic E-state index is 5.34. The minimum atomic E-state index is 0. The molecule has 0 unspecified atom stereocenters. The van der Waals surface area contributed by atoms with Crippen molar-refractivity contribution in [3.8, 4) is 0 Å². The highest BCUT2D eigenvalue weighted by Crippen LogP contribution is 2.14. The molecule has 0 aromatic carbocycles. The van der Waals surface area contributed by atoms with Gasteiger partial charge in [0.05, 0.1) is 0 Å². The Morgan fingerprint density at radius 1 is 1.26 bits per heavy atom. The van der Waals surface area contributed by atoms with Crippen LogP contribution in [-0.2, 0) is 24.2 Å². The number of unbranched alkanes of at least 4 members (excludes halogenated alkanes) is 1. The highest BCUT2D eigenvalue weighted by atomic mass is 127. The fourth-order valence-corrected chi connectivity index (χ4v) is 2.50. The van der Waals surface area contributed by atoms with Gasteiger partial charge in [0, 0.05) is 39.3 Å². The highest BCUT2D eigenvalue weighted by Gasteiger charge is 2.16. The van der Waals surface area contributed by atoms with Gasteiger partial charge in [0.15, 0.2) is 11.8 Å². The summed E-state index contributed by atoms with van der Waals surface area (Å²) in [5, 5.41) is 15.1. The number of guanidine groups is 1. The molecule has 7 nitrogen and oxygen atoms in total. The van der Waals surface area contributed by atoms with Crippen LogP contribution in [0.2, 0.25) is 0 Å². The van der Waals surface area contributed by atoms with Crippen LogP contribution < -0.4 is 10.6 Å². The summed E-state index contributed by atoms with van der Waals surface area (Å²) in [4.78, 5) is 4.61. The van der Waals surface area contributed by atoms with Crippen LogP contribution in [0, 0.1) is 0 Å². The van der Waals surface area contributed by atoms with Gasteiger partial charge in [-0.15, -0.1) is 34.2 Å². The first-order valence-electron chi connectivity index (χ1n) is 8.36. The molecular weight excluding hydrogens is 407 g/mol. The molecule has 0 amide bonds. The van der Waals surface area contributed by atoms with E-state index in [4.69, 9.17) is 4.74 Å². The molecule has 2 rings (SSSR count). The van der Waals surface area contributed by atoms with Gasteiger partial charge in [-0.2, -0.15) is 0 Å². The molecule has 0 spiro atoms. The van der Waals surface area contributed by atoms with Crippen molar-refractivity contribution >= 4 is 29.9 Å². The number of hydrogen-bond donors (Lipinski definition) is 2. The van der Waals surface area contributed by atoms with Gasteiger partial charge in [-0.05, 0) is 33.1 Å². The van der Waals surface area contributed by atoms with Crippen molar-refractivity contribution in [3.63, 3.8) is 0 Å². The molecule has 1 aromatic rings. The number of nitrogens with zero attached hydrogens (tertiary/aromatic N) is 4. The van der Waals surface area contributed by atoms with E-state index in [0.29, 0.717) is 6.54 Å². The Kier molecular flexibility index (Phi) is 10.2. The SMILES string of the molecule is CCNC(=NCc1nnc2n1CCC2)NCCCCOCC.I. The summed E-state index contributed by atoms with van der Waals surface area (Å²) < 4.78 is 7.53. The monoisotopic (exact) mass is 436 g/mol. The van der Waals surface area contributed by atoms with E-state index in [0.717, 1.165) is 69.7 Å². The summed E-state index contributed by atoms with van der Waals surface area (Å²) in [7, 11) is 0. The summed E-state index contributed by atoms with van der Waals surface area (Å²) in [6.45, 7) is 9.06. The third kappa shape index (κ3) is 6.62. The molecule has 2 heterocycles. The molecule has 0 atom stereocenters. The maximum atomic E-state index is 5.34. The molecule has 0 fully saturated rings. The molecule has 0 saturated carbocycles. The zero-order chi connectivity index (χ0) is 15.6. The number of fused-ring (bicyclic) bond motifs is 1. The molecule has 1 aliphatic heterocycles. The average Bonchev–Trinajstić information content (AvgIpc) is 3.12. The smallest absolute Gasteiger partial charge is 0.191 e. The van der Waals surface area contributed by atoms with E-state index in [2.05, 4.69) is 37.3 Å². The van der Waals surface area contributed by atoms with Crippen LogP contribution in [0.5, 0.6) is 0 Å². The van der Waals surface area contributed by atoms with Crippen LogP contribution in [0.25, 0.3) is 0 Å². The van der Waals surface area contributed by atoms with Gasteiger partial charge in [0.2, 0.25) is 0 Å². The van der Waals surface area contributed by atoms with Crippen molar-refractivity contribution in [1.82, 2.24) is 25.4 Å². The Labute approximate surface area is 155 Å². The Morgan fingerprint density at radius 2 is 2.13 bits per heavy atom. The van der Waals surface area contributed by atoms with E-state index >= 15 is 0 Å². The van der Waals surface area contributed by atoms with Crippen LogP contribution in [-0.4, -0.2) is 47.0 Å². The standard InChI is InChI=1S/C15H28N6O.HI/c1-3-16-15(17-9-5-6-11-22-4-2)18-12-14-20-19-13-8-7-10-21(13)14;/h3-12H2,1-2H3,(H2,16,17,18);1H. The molecule has 0 radical (unpaired) electrons. The summed E-state index contributed by atoms with van der Waals surface area (Å²) in [5.74, 6) is 2.90. The van der Waals surface area contributed by atoms with E-state index in [9.17, 15) is 0 Å². The Balaban J connectivity index is 0.00000264. The van der Waals surface area contributed by atoms with Gasteiger partial charge in [0.1, 0.15) is 12.4 Å². The van der Waals surface area contributed by atoms with Crippen molar-refractivity contribution in [1.29, 1.82) is 0 Å². The first-order valence-corrected chi connectivity index (χ1v) is 8.36. The Bertz CT molecular complexity index is 477. The van der Waals surface area contributed by atoms with Crippen LogP contribution in [0.3, 0.4) is 0 Å². The topological polar surface area (TPSA) is 76.4 Å². The van der Waals surface area contributed by atoms with E-state index < -0.39 is 0 Å². The Morgan fingerprint density at radius 3 is 2.91 bits per heavy atom. The molecule has 0 bridgehead atoms. The summed E-state index contributed by atoms with van der Waals surface area (Å²) >= 11 is 0. The molecule has 23 heavy (non-hydrogen) atoms. The molecule has 1 aliphatic rings. The first-order chi connectivity index (χ1) is 10.8. The zero-order valence-electron chi connectivity index (χ0n) is 14.2. The van der Waals surface area contributed by atoms with Crippen LogP contribution in [0.1, 0.15) is 44.8 Å². The number of halogens is 1. The number of aliphatic imine (C=N–C) groups is 1. The summed E-state index contributed by atoms with van der Waals surface area (Å²) in [6.07, 6.45) is 4.34. The predicted octanol–water partition coefficient (Wildman–Crippen LogP) is 1.71. The second kappa shape index (κ2) is 11.6. The van der Waals surface area contributed by atoms with Gasteiger partial charge in [-0.25, -0.2) is 4.99 Å². The fourth-order valence-electron chi connectivity index (χ4n) is 2.50. The fraction of sp³-hybridized carbons (Fsp3) is 0.800. The molecule has 2 N–H and O–H groups in total. The second-order valence-corrected chi connectivity index (χ2v) is 5.31. The number of hydrogen-bond acceptors (Lipinski definition) is 4. The molecule has 1 aromatic heterocycles. The van der Waals surface area contributed by atoms with Crippen molar-refractivity contribution < 1.29 is 4.74 Å². The first kappa shape index (κ1) is 20.1. The molecule has 0 saturated heterocycles. The zero-order valence-corrected chi connectivity index (χ0v) is 16.5. The second-order valence-electron chi connectivity index (χ2n) is 5.31. The quantitative estimate of drug-likeness (QED) is 0.267. The Hall–Kier alpha value is -0.900. The normalized spacial score (nSPS) is 13.6. The van der Waals surface area contributed by atoms with Gasteiger partial charge in [0.25, 0.3) is 0 Å². The lowest BCUT2D eigenvalue weighted by Gasteiger charge is -2.11. The van der Waals surface area contributed by atoms with Crippen LogP contribution in [0.4, 0.5) is 0 Å². The summed E-state index contributed by atoms with van der Waals surface area (Å²) in [6, 6.07) is 0. The predicted molar refractivity (Wildman–Crippen MR) is 102 cm³/mol. The highest BCUT2D eigenvalue weighted by molar-refractivity contribution is 14.0. The average molecular weight is 436 g/mol. The van der Waals surface area contributed by atoms with E-state index in [-0.39, 0.29) is 24.0 Å². The third-order valence-corrected chi connectivity index (χ3v) is 3.62. The molecule has 0 aliphatic carbocycles. The molecule has 132 valence electrons. The van der Waals surface area contributed by atoms with Crippen molar-refractivity contribution in [3.05, 3.63) is 11.6 Å². The number of nitrogens with one attached hydrogen (secondary N) is 2. The van der Waals surface area contributed by atoms with E-state index in [1.54, 1.807) is 0 Å². The van der Waals surface area contributed by atoms with Crippen molar-refractivity contribution in [2.24, 2.45) is 4.99 Å². The van der Waals surface area contributed by atoms with Crippen molar-refractivity contribution in [2.45, 2.75) is 52.6 Å². The lowest BCUT2D eigenvalue weighted by Crippen LogP contribution is -2.37. The molecular formula is C15H29IN6O.